The van der Waals surface area contributed by atoms with Crippen LogP contribution in [0.4, 0.5) is 0 Å². The number of rotatable bonds is 3. The Kier molecular flexibility index (Phi) is 2.77. The average molecular weight is 220 g/mol. The third kappa shape index (κ3) is 2.21. The first-order valence-corrected chi connectivity index (χ1v) is 5.03. The van der Waals surface area contributed by atoms with Crippen LogP contribution in [0.3, 0.4) is 0 Å². The van der Waals surface area contributed by atoms with Gasteiger partial charge in [-0.2, -0.15) is 0 Å². The van der Waals surface area contributed by atoms with Gasteiger partial charge in [0.05, 0.1) is 5.56 Å². The lowest BCUT2D eigenvalue weighted by Crippen LogP contribution is -1.93. The van der Waals surface area contributed by atoms with Crippen LogP contribution in [0, 0.1) is 0 Å². The zero-order chi connectivity index (χ0) is 10.7. The second kappa shape index (κ2) is 4.22. The lowest BCUT2D eigenvalue weighted by atomic mass is 10.4. The number of aldehydes is 1. The molecule has 0 spiro atoms. The van der Waals surface area contributed by atoms with Crippen molar-refractivity contribution in [2.24, 2.45) is 7.05 Å². The smallest absolute Gasteiger partial charge is 0.195 e. The normalized spacial score (nSPS) is 10.2. The summed E-state index contributed by atoms with van der Waals surface area (Å²) in [6.45, 7) is 0. The van der Waals surface area contributed by atoms with Gasteiger partial charge in [0.2, 0.25) is 0 Å². The van der Waals surface area contributed by atoms with Gasteiger partial charge in [0.1, 0.15) is 0 Å². The van der Waals surface area contributed by atoms with Crippen LogP contribution < -0.4 is 0 Å². The molecule has 0 radical (unpaired) electrons. The fraction of sp³-hybridized carbons (Fsp3) is 0.111. The van der Waals surface area contributed by atoms with Crippen LogP contribution in [0.5, 0.6) is 0 Å². The summed E-state index contributed by atoms with van der Waals surface area (Å²) in [6, 6.07) is 0. The second-order valence-electron chi connectivity index (χ2n) is 2.84. The van der Waals surface area contributed by atoms with Crippen LogP contribution in [-0.2, 0) is 7.05 Å². The van der Waals surface area contributed by atoms with E-state index in [4.69, 9.17) is 0 Å². The Labute approximate surface area is 90.6 Å². The molecule has 6 heteroatoms. The Morgan fingerprint density at radius 2 is 2.07 bits per heavy atom. The molecule has 0 atom stereocenters. The van der Waals surface area contributed by atoms with Crippen molar-refractivity contribution in [3.05, 3.63) is 30.4 Å². The number of aromatic nitrogens is 4. The van der Waals surface area contributed by atoms with Crippen molar-refractivity contribution in [3.8, 4) is 0 Å². The van der Waals surface area contributed by atoms with E-state index in [-0.39, 0.29) is 0 Å². The summed E-state index contributed by atoms with van der Waals surface area (Å²) in [5.74, 6) is 0. The molecular formula is C9H8N4OS. The van der Waals surface area contributed by atoms with E-state index in [1.807, 2.05) is 17.8 Å². The number of nitrogens with zero attached hydrogens (tertiary/aromatic N) is 4. The number of carbonyl (C=O) groups excluding carboxylic acids is 1. The van der Waals surface area contributed by atoms with Gasteiger partial charge in [-0.1, -0.05) is 0 Å². The zero-order valence-corrected chi connectivity index (χ0v) is 8.81. The standard InChI is InChI=1S/C9H8N4OS/c1-13-3-2-10-9(13)15-8-11-4-7(6-14)5-12-8/h2-6H,1H3. The molecule has 0 bridgehead atoms. The van der Waals surface area contributed by atoms with Gasteiger partial charge in [-0.25, -0.2) is 15.0 Å². The zero-order valence-electron chi connectivity index (χ0n) is 7.99. The van der Waals surface area contributed by atoms with Crippen molar-refractivity contribution in [1.29, 1.82) is 0 Å². The minimum Gasteiger partial charge on any atom is -0.329 e. The van der Waals surface area contributed by atoms with E-state index in [9.17, 15) is 4.79 Å². The number of hydrogen-bond acceptors (Lipinski definition) is 5. The molecule has 15 heavy (non-hydrogen) atoms. The minimum atomic E-state index is 0.471. The minimum absolute atomic E-state index is 0.471. The van der Waals surface area contributed by atoms with Gasteiger partial charge in [-0.15, -0.1) is 0 Å². The fourth-order valence-corrected chi connectivity index (χ4v) is 1.66. The van der Waals surface area contributed by atoms with Crippen molar-refractivity contribution in [2.45, 2.75) is 10.3 Å². The third-order valence-corrected chi connectivity index (χ3v) is 2.71. The summed E-state index contributed by atoms with van der Waals surface area (Å²) < 4.78 is 1.88. The molecule has 0 saturated heterocycles. The highest BCUT2D eigenvalue weighted by Crippen LogP contribution is 2.21. The molecule has 0 amide bonds. The van der Waals surface area contributed by atoms with E-state index in [1.54, 1.807) is 6.20 Å². The summed E-state index contributed by atoms with van der Waals surface area (Å²) >= 11 is 1.35. The molecule has 2 heterocycles. The van der Waals surface area contributed by atoms with Crippen LogP contribution in [0.15, 0.2) is 35.1 Å². The van der Waals surface area contributed by atoms with E-state index in [0.717, 1.165) is 11.4 Å². The van der Waals surface area contributed by atoms with E-state index in [2.05, 4.69) is 15.0 Å². The highest BCUT2D eigenvalue weighted by Gasteiger charge is 2.04. The molecule has 2 aromatic heterocycles. The summed E-state index contributed by atoms with van der Waals surface area (Å²) in [4.78, 5) is 22.6. The molecule has 0 aromatic carbocycles. The quantitative estimate of drug-likeness (QED) is 0.574. The Bertz CT molecular complexity index is 465. The van der Waals surface area contributed by atoms with Crippen molar-refractivity contribution in [1.82, 2.24) is 19.5 Å². The molecular weight excluding hydrogens is 212 g/mol. The van der Waals surface area contributed by atoms with Crippen molar-refractivity contribution < 1.29 is 4.79 Å². The first-order valence-electron chi connectivity index (χ1n) is 4.22. The molecule has 0 aliphatic rings. The first kappa shape index (κ1) is 9.85. The Morgan fingerprint density at radius 3 is 2.60 bits per heavy atom. The van der Waals surface area contributed by atoms with Crippen LogP contribution in [0.25, 0.3) is 0 Å². The van der Waals surface area contributed by atoms with Gasteiger partial charge < -0.3 is 4.57 Å². The number of carbonyl (C=O) groups is 1. The molecule has 5 nitrogen and oxygen atoms in total. The van der Waals surface area contributed by atoms with Crippen LogP contribution in [0.2, 0.25) is 0 Å². The van der Waals surface area contributed by atoms with Crippen LogP contribution >= 0.6 is 11.8 Å². The van der Waals surface area contributed by atoms with Crippen molar-refractivity contribution in [2.75, 3.05) is 0 Å². The average Bonchev–Trinajstić information content (AvgIpc) is 2.66. The monoisotopic (exact) mass is 220 g/mol. The molecule has 0 N–H and O–H groups in total. The van der Waals surface area contributed by atoms with E-state index < -0.39 is 0 Å². The van der Waals surface area contributed by atoms with Gasteiger partial charge >= 0.3 is 0 Å². The van der Waals surface area contributed by atoms with Crippen molar-refractivity contribution in [3.63, 3.8) is 0 Å². The molecule has 2 rings (SSSR count). The second-order valence-corrected chi connectivity index (χ2v) is 3.77. The van der Waals surface area contributed by atoms with Gasteiger partial charge in [-0.3, -0.25) is 4.79 Å². The summed E-state index contributed by atoms with van der Waals surface area (Å²) in [7, 11) is 1.90. The first-order chi connectivity index (χ1) is 7.29. The van der Waals surface area contributed by atoms with E-state index >= 15 is 0 Å². The maximum Gasteiger partial charge on any atom is 0.195 e. The largest absolute Gasteiger partial charge is 0.329 e. The Morgan fingerprint density at radius 1 is 1.33 bits per heavy atom. The highest BCUT2D eigenvalue weighted by molar-refractivity contribution is 7.99. The molecule has 0 fully saturated rings. The van der Waals surface area contributed by atoms with E-state index in [0.29, 0.717) is 10.7 Å². The Balaban J connectivity index is 2.18. The van der Waals surface area contributed by atoms with Gasteiger partial charge in [0.15, 0.2) is 16.6 Å². The SMILES string of the molecule is Cn1ccnc1Sc1ncc(C=O)cn1. The predicted octanol–water partition coefficient (Wildman–Crippen LogP) is 1.17. The topological polar surface area (TPSA) is 60.7 Å². The molecule has 0 aliphatic carbocycles. The molecule has 0 aliphatic heterocycles. The number of aryl methyl sites for hydroxylation is 1. The maximum atomic E-state index is 10.4. The van der Waals surface area contributed by atoms with Gasteiger partial charge in [0, 0.05) is 31.8 Å². The highest BCUT2D eigenvalue weighted by atomic mass is 32.2. The summed E-state index contributed by atoms with van der Waals surface area (Å²) in [6.07, 6.45) is 7.26. The molecule has 0 saturated carbocycles. The van der Waals surface area contributed by atoms with E-state index in [1.165, 1.54) is 24.2 Å². The number of hydrogen-bond donors (Lipinski definition) is 0. The fourth-order valence-electron chi connectivity index (χ4n) is 0.972. The third-order valence-electron chi connectivity index (χ3n) is 1.74. The lowest BCUT2D eigenvalue weighted by molar-refractivity contribution is 0.112. The maximum absolute atomic E-state index is 10.4. The molecule has 76 valence electrons. The predicted molar refractivity (Wildman–Crippen MR) is 54.8 cm³/mol. The number of imidazole rings is 1. The van der Waals surface area contributed by atoms with Crippen molar-refractivity contribution >= 4 is 18.0 Å². The summed E-state index contributed by atoms with van der Waals surface area (Å²) in [5.41, 5.74) is 0.471. The van der Waals surface area contributed by atoms with Gasteiger partial charge in [-0.05, 0) is 11.8 Å². The summed E-state index contributed by atoms with van der Waals surface area (Å²) in [5, 5.41) is 1.39. The lowest BCUT2D eigenvalue weighted by Gasteiger charge is -1.99. The molecule has 0 unspecified atom stereocenters. The Hall–Kier alpha value is -1.69. The van der Waals surface area contributed by atoms with Crippen LogP contribution in [-0.4, -0.2) is 25.8 Å². The molecule has 2 aromatic rings. The van der Waals surface area contributed by atoms with Crippen LogP contribution in [0.1, 0.15) is 10.4 Å². The van der Waals surface area contributed by atoms with Gasteiger partial charge in [0.25, 0.3) is 0 Å².